The number of amides is 1. The van der Waals surface area contributed by atoms with Crippen LogP contribution in [0, 0.1) is 6.92 Å². The number of benzene rings is 3. The summed E-state index contributed by atoms with van der Waals surface area (Å²) in [6.45, 7) is 2.28. The lowest BCUT2D eigenvalue weighted by Crippen LogP contribution is -2.29. The number of fused-ring (bicyclic) bond motifs is 2. The van der Waals surface area contributed by atoms with Crippen LogP contribution in [0.5, 0.6) is 5.75 Å². The lowest BCUT2D eigenvalue weighted by Gasteiger charge is -2.25. The monoisotopic (exact) mass is 457 g/mol. The van der Waals surface area contributed by atoms with Crippen molar-refractivity contribution in [2.75, 3.05) is 13.4 Å². The Kier molecular flexibility index (Phi) is 5.46. The van der Waals surface area contributed by atoms with Crippen molar-refractivity contribution in [3.05, 3.63) is 105 Å². The SMILES string of the molecule is COc1ccc(CN2C(=O)c3oc4ccc(C)cc4c(=O)c3[C@H]2c2ccc(SC)cc2)cc1. The molecule has 6 heteroatoms. The maximum Gasteiger partial charge on any atom is 0.291 e. The van der Waals surface area contributed by atoms with Crippen LogP contribution in [-0.2, 0) is 6.54 Å². The van der Waals surface area contributed by atoms with Crippen molar-refractivity contribution in [3.63, 3.8) is 0 Å². The molecule has 5 rings (SSSR count). The molecule has 0 spiro atoms. The van der Waals surface area contributed by atoms with E-state index >= 15 is 0 Å². The highest BCUT2D eigenvalue weighted by molar-refractivity contribution is 7.98. The van der Waals surface area contributed by atoms with E-state index < -0.39 is 6.04 Å². The Hall–Kier alpha value is -3.51. The van der Waals surface area contributed by atoms with Crippen LogP contribution >= 0.6 is 11.8 Å². The smallest absolute Gasteiger partial charge is 0.291 e. The van der Waals surface area contributed by atoms with Crippen molar-refractivity contribution in [2.24, 2.45) is 0 Å². The standard InChI is InChI=1S/C27H23NO4S/c1-16-4-13-22-21(14-16)25(29)23-24(18-7-11-20(33-3)12-8-18)28(27(30)26(23)32-22)15-17-5-9-19(31-2)10-6-17/h4-14,24H,15H2,1-3H3/t24-/m1/s1. The summed E-state index contributed by atoms with van der Waals surface area (Å²) >= 11 is 1.65. The summed E-state index contributed by atoms with van der Waals surface area (Å²) in [4.78, 5) is 30.0. The Morgan fingerprint density at radius 2 is 1.73 bits per heavy atom. The molecule has 4 aromatic rings. The quantitative estimate of drug-likeness (QED) is 0.366. The first kappa shape index (κ1) is 21.3. The van der Waals surface area contributed by atoms with Gasteiger partial charge < -0.3 is 14.1 Å². The molecular formula is C27H23NO4S. The highest BCUT2D eigenvalue weighted by Gasteiger charge is 2.42. The third kappa shape index (κ3) is 3.70. The summed E-state index contributed by atoms with van der Waals surface area (Å²) in [5, 5.41) is 0.499. The van der Waals surface area contributed by atoms with E-state index in [0.717, 1.165) is 27.3 Å². The van der Waals surface area contributed by atoms with Gasteiger partial charge in [0.1, 0.15) is 11.3 Å². The first-order valence-electron chi connectivity index (χ1n) is 10.7. The number of thioether (sulfide) groups is 1. The van der Waals surface area contributed by atoms with Crippen LogP contribution < -0.4 is 10.2 Å². The number of hydrogen-bond acceptors (Lipinski definition) is 5. The number of carbonyl (C=O) groups excluding carboxylic acids is 1. The Morgan fingerprint density at radius 1 is 1.00 bits per heavy atom. The molecule has 0 bridgehead atoms. The fourth-order valence-corrected chi connectivity index (χ4v) is 4.77. The minimum atomic E-state index is -0.522. The Balaban J connectivity index is 1.67. The van der Waals surface area contributed by atoms with Crippen LogP contribution in [-0.4, -0.2) is 24.2 Å². The average Bonchev–Trinajstić information content (AvgIpc) is 3.12. The summed E-state index contributed by atoms with van der Waals surface area (Å²) in [6.07, 6.45) is 2.02. The van der Waals surface area contributed by atoms with Crippen molar-refractivity contribution in [2.45, 2.75) is 24.4 Å². The molecule has 0 saturated carbocycles. The zero-order valence-electron chi connectivity index (χ0n) is 18.6. The Labute approximate surface area is 196 Å². The molecule has 3 aromatic carbocycles. The van der Waals surface area contributed by atoms with Crippen molar-refractivity contribution < 1.29 is 13.9 Å². The second-order valence-corrected chi connectivity index (χ2v) is 9.01. The highest BCUT2D eigenvalue weighted by atomic mass is 32.2. The summed E-state index contributed by atoms with van der Waals surface area (Å²) < 4.78 is 11.3. The summed E-state index contributed by atoms with van der Waals surface area (Å²) in [5.41, 5.74) is 3.47. The molecule has 166 valence electrons. The average molecular weight is 458 g/mol. The van der Waals surface area contributed by atoms with E-state index in [2.05, 4.69) is 0 Å². The molecule has 0 N–H and O–H groups in total. The van der Waals surface area contributed by atoms with Gasteiger partial charge in [-0.2, -0.15) is 0 Å². The number of aryl methyl sites for hydroxylation is 1. The van der Waals surface area contributed by atoms with Crippen LogP contribution in [0.4, 0.5) is 0 Å². The van der Waals surface area contributed by atoms with Gasteiger partial charge in [-0.1, -0.05) is 35.9 Å². The molecule has 0 fully saturated rings. The van der Waals surface area contributed by atoms with Gasteiger partial charge in [0.15, 0.2) is 5.43 Å². The van der Waals surface area contributed by atoms with Crippen molar-refractivity contribution in [3.8, 4) is 5.75 Å². The summed E-state index contributed by atoms with van der Waals surface area (Å²) in [7, 11) is 1.62. The number of nitrogens with zero attached hydrogens (tertiary/aromatic N) is 1. The molecule has 1 aliphatic heterocycles. The van der Waals surface area contributed by atoms with Gasteiger partial charge in [-0.05, 0) is 60.7 Å². The molecule has 2 heterocycles. The maximum atomic E-state index is 13.6. The molecular weight excluding hydrogens is 434 g/mol. The number of hydrogen-bond donors (Lipinski definition) is 0. The Bertz CT molecular complexity index is 1410. The molecule has 33 heavy (non-hydrogen) atoms. The summed E-state index contributed by atoms with van der Waals surface area (Å²) in [6, 6.07) is 20.5. The van der Waals surface area contributed by atoms with Crippen molar-refractivity contribution in [1.29, 1.82) is 0 Å². The van der Waals surface area contributed by atoms with Gasteiger partial charge in [-0.15, -0.1) is 11.8 Å². The second kappa shape index (κ2) is 8.45. The van der Waals surface area contributed by atoms with Crippen molar-refractivity contribution >= 4 is 28.6 Å². The van der Waals surface area contributed by atoms with E-state index in [1.807, 2.05) is 73.8 Å². The lowest BCUT2D eigenvalue weighted by atomic mass is 9.98. The van der Waals surface area contributed by atoms with Crippen molar-refractivity contribution in [1.82, 2.24) is 4.90 Å². The van der Waals surface area contributed by atoms with Crippen LogP contribution in [0.1, 0.15) is 38.9 Å². The second-order valence-electron chi connectivity index (χ2n) is 8.13. The van der Waals surface area contributed by atoms with Gasteiger partial charge >= 0.3 is 0 Å². The zero-order valence-corrected chi connectivity index (χ0v) is 19.4. The third-order valence-corrected chi connectivity index (χ3v) is 6.81. The van der Waals surface area contributed by atoms with Gasteiger partial charge in [0, 0.05) is 11.4 Å². The molecule has 1 aromatic heterocycles. The first-order valence-corrected chi connectivity index (χ1v) is 11.9. The van der Waals surface area contributed by atoms with Gasteiger partial charge in [0.05, 0.1) is 24.1 Å². The maximum absolute atomic E-state index is 13.6. The highest BCUT2D eigenvalue weighted by Crippen LogP contribution is 2.39. The van der Waals surface area contributed by atoms with E-state index in [1.165, 1.54) is 0 Å². The zero-order chi connectivity index (χ0) is 23.1. The van der Waals surface area contributed by atoms with Gasteiger partial charge in [-0.25, -0.2) is 0 Å². The topological polar surface area (TPSA) is 59.8 Å². The van der Waals surface area contributed by atoms with Crippen LogP contribution in [0.15, 0.2) is 80.8 Å². The first-order chi connectivity index (χ1) is 16.0. The van der Waals surface area contributed by atoms with E-state index in [9.17, 15) is 9.59 Å². The predicted octanol–water partition coefficient (Wildman–Crippen LogP) is 5.58. The third-order valence-electron chi connectivity index (χ3n) is 6.06. The van der Waals surface area contributed by atoms with E-state index in [0.29, 0.717) is 23.1 Å². The molecule has 1 amide bonds. The predicted molar refractivity (Wildman–Crippen MR) is 130 cm³/mol. The number of ether oxygens (including phenoxy) is 1. The summed E-state index contributed by atoms with van der Waals surface area (Å²) in [5.74, 6) is 0.598. The molecule has 1 atom stereocenters. The number of rotatable bonds is 5. The van der Waals surface area contributed by atoms with Crippen LogP contribution in [0.25, 0.3) is 11.0 Å². The fourth-order valence-electron chi connectivity index (χ4n) is 4.36. The molecule has 0 unspecified atom stereocenters. The Morgan fingerprint density at radius 3 is 2.39 bits per heavy atom. The molecule has 5 nitrogen and oxygen atoms in total. The number of methoxy groups -OCH3 is 1. The fraction of sp³-hybridized carbons (Fsp3) is 0.185. The lowest BCUT2D eigenvalue weighted by molar-refractivity contribution is 0.0714. The minimum absolute atomic E-state index is 0.129. The van der Waals surface area contributed by atoms with E-state index in [-0.39, 0.29) is 17.1 Å². The van der Waals surface area contributed by atoms with Gasteiger partial charge in [0.2, 0.25) is 5.76 Å². The van der Waals surface area contributed by atoms with Gasteiger partial charge in [-0.3, -0.25) is 9.59 Å². The molecule has 1 aliphatic rings. The van der Waals surface area contributed by atoms with Crippen LogP contribution in [0.2, 0.25) is 0 Å². The van der Waals surface area contributed by atoms with E-state index in [4.69, 9.17) is 9.15 Å². The van der Waals surface area contributed by atoms with E-state index in [1.54, 1.807) is 29.8 Å². The molecule has 0 aliphatic carbocycles. The van der Waals surface area contributed by atoms with Gasteiger partial charge in [0.25, 0.3) is 5.91 Å². The normalized spacial score (nSPS) is 15.2. The largest absolute Gasteiger partial charge is 0.497 e. The minimum Gasteiger partial charge on any atom is -0.497 e. The number of carbonyl (C=O) groups is 1. The van der Waals surface area contributed by atoms with Crippen LogP contribution in [0.3, 0.4) is 0 Å². The molecule has 0 radical (unpaired) electrons. The molecule has 0 saturated heterocycles.